The smallest absolute Gasteiger partial charge is 0.222 e. The summed E-state index contributed by atoms with van der Waals surface area (Å²) in [4.78, 5) is 17.8. The molecule has 8 nitrogen and oxygen atoms in total. The average molecular weight is 481 g/mol. The number of ether oxygens (including phenoxy) is 1. The molecule has 9 heteroatoms. The second-order valence-electron chi connectivity index (χ2n) is 8.62. The third-order valence-corrected chi connectivity index (χ3v) is 6.55. The van der Waals surface area contributed by atoms with E-state index in [0.717, 1.165) is 49.6 Å². The highest BCUT2D eigenvalue weighted by molar-refractivity contribution is 7.71. The van der Waals surface area contributed by atoms with Gasteiger partial charge in [-0.2, -0.15) is 5.10 Å². The maximum atomic E-state index is 13.0. The average Bonchev–Trinajstić information content (AvgIpc) is 3.24. The van der Waals surface area contributed by atoms with Crippen molar-refractivity contribution >= 4 is 18.1 Å². The van der Waals surface area contributed by atoms with E-state index in [2.05, 4.69) is 44.5 Å². The second kappa shape index (κ2) is 11.4. The summed E-state index contributed by atoms with van der Waals surface area (Å²) in [5, 5.41) is 10.5. The van der Waals surface area contributed by atoms with Gasteiger partial charge in [0.25, 0.3) is 0 Å². The first kappa shape index (κ1) is 24.1. The van der Waals surface area contributed by atoms with E-state index in [9.17, 15) is 4.79 Å². The zero-order valence-electron chi connectivity index (χ0n) is 19.7. The summed E-state index contributed by atoms with van der Waals surface area (Å²) >= 11 is 5.43. The summed E-state index contributed by atoms with van der Waals surface area (Å²) in [6.07, 6.45) is 0.309. The summed E-state index contributed by atoms with van der Waals surface area (Å²) in [7, 11) is 3.78. The number of aromatic nitrogens is 3. The molecule has 1 unspecified atom stereocenters. The number of nitrogens with one attached hydrogen (secondary N) is 2. The molecule has 2 N–H and O–H groups in total. The molecule has 2 aromatic carbocycles. The third-order valence-electron chi connectivity index (χ3n) is 6.24. The molecule has 4 rings (SSSR count). The van der Waals surface area contributed by atoms with Gasteiger partial charge in [-0.15, -0.1) is 0 Å². The minimum atomic E-state index is -0.0597. The first-order valence-electron chi connectivity index (χ1n) is 11.6. The van der Waals surface area contributed by atoms with Crippen LogP contribution in [0, 0.1) is 4.77 Å². The number of piperazine rings is 1. The number of carbonyl (C=O) groups is 1. The summed E-state index contributed by atoms with van der Waals surface area (Å²) in [6, 6.07) is 17.8. The number of carbonyl (C=O) groups excluding carboxylic acids is 1. The molecule has 1 aliphatic heterocycles. The Hall–Kier alpha value is -3.01. The fourth-order valence-electron chi connectivity index (χ4n) is 4.17. The lowest BCUT2D eigenvalue weighted by atomic mass is 10.1. The molecule has 1 aliphatic rings. The van der Waals surface area contributed by atoms with Gasteiger partial charge in [0.15, 0.2) is 10.6 Å². The molecule has 0 saturated carbocycles. The Morgan fingerprint density at radius 1 is 1.12 bits per heavy atom. The van der Waals surface area contributed by atoms with Crippen LogP contribution in [-0.4, -0.2) is 77.4 Å². The lowest BCUT2D eigenvalue weighted by Crippen LogP contribution is -2.47. The van der Waals surface area contributed by atoms with Crippen molar-refractivity contribution in [1.29, 1.82) is 0 Å². The van der Waals surface area contributed by atoms with Gasteiger partial charge in [0.2, 0.25) is 5.91 Å². The summed E-state index contributed by atoms with van der Waals surface area (Å²) in [5.41, 5.74) is 2.03. The van der Waals surface area contributed by atoms with Crippen molar-refractivity contribution in [2.45, 2.75) is 19.0 Å². The fraction of sp³-hybridized carbons (Fsp3) is 0.400. The summed E-state index contributed by atoms with van der Waals surface area (Å²) in [6.45, 7) is 5.34. The van der Waals surface area contributed by atoms with Crippen molar-refractivity contribution in [3.8, 4) is 17.1 Å². The standard InChI is InChI=1S/C25H32N6O2S/c1-29-14-16-30(17-15-29)18-22(19-6-4-3-5-7-19)26-23(32)12-13-31-24(27-28-25(31)34)20-8-10-21(33-2)11-9-20/h3-11,22H,12-18H2,1-2H3,(H,26,32)(H,28,34). The number of amides is 1. The molecule has 3 aromatic rings. The lowest BCUT2D eigenvalue weighted by molar-refractivity contribution is -0.122. The Morgan fingerprint density at radius 2 is 1.82 bits per heavy atom. The van der Waals surface area contributed by atoms with Gasteiger partial charge in [0, 0.05) is 51.3 Å². The molecular formula is C25H32N6O2S. The fourth-order valence-corrected chi connectivity index (χ4v) is 4.40. The van der Waals surface area contributed by atoms with Gasteiger partial charge in [-0.05, 0) is 49.1 Å². The van der Waals surface area contributed by atoms with Crippen molar-refractivity contribution in [1.82, 2.24) is 29.9 Å². The first-order chi connectivity index (χ1) is 16.5. The van der Waals surface area contributed by atoms with E-state index in [0.29, 0.717) is 23.6 Å². The largest absolute Gasteiger partial charge is 0.497 e. The maximum absolute atomic E-state index is 13.0. The highest BCUT2D eigenvalue weighted by Crippen LogP contribution is 2.21. The van der Waals surface area contributed by atoms with E-state index in [1.807, 2.05) is 47.0 Å². The van der Waals surface area contributed by atoms with Crippen LogP contribution in [0.5, 0.6) is 5.75 Å². The Labute approximate surface area is 205 Å². The van der Waals surface area contributed by atoms with Gasteiger partial charge in [-0.1, -0.05) is 30.3 Å². The lowest BCUT2D eigenvalue weighted by Gasteiger charge is -2.35. The van der Waals surface area contributed by atoms with E-state index in [1.165, 1.54) is 0 Å². The van der Waals surface area contributed by atoms with Crippen LogP contribution < -0.4 is 10.1 Å². The number of hydrogen-bond donors (Lipinski definition) is 2. The number of hydrogen-bond acceptors (Lipinski definition) is 6. The van der Waals surface area contributed by atoms with Crippen LogP contribution in [0.3, 0.4) is 0 Å². The van der Waals surface area contributed by atoms with Gasteiger partial charge in [-0.3, -0.25) is 19.4 Å². The Bertz CT molecular complexity index is 1120. The van der Waals surface area contributed by atoms with E-state index in [1.54, 1.807) is 7.11 Å². The Kier molecular flexibility index (Phi) is 8.10. The molecule has 0 radical (unpaired) electrons. The van der Waals surface area contributed by atoms with Gasteiger partial charge < -0.3 is 15.0 Å². The van der Waals surface area contributed by atoms with Crippen LogP contribution in [0.1, 0.15) is 18.0 Å². The normalized spacial score (nSPS) is 15.7. The number of H-pyrrole nitrogens is 1. The Balaban J connectivity index is 1.42. The highest BCUT2D eigenvalue weighted by atomic mass is 32.1. The summed E-state index contributed by atoms with van der Waals surface area (Å²) < 4.78 is 7.60. The number of rotatable bonds is 9. The SMILES string of the molecule is COc1ccc(-c2n[nH]c(=S)n2CCC(=O)NC(CN2CCN(C)CC2)c2ccccc2)cc1. The third kappa shape index (κ3) is 6.11. The van der Waals surface area contributed by atoms with Crippen LogP contribution in [0.2, 0.25) is 0 Å². The molecule has 0 bridgehead atoms. The number of aromatic amines is 1. The van der Waals surface area contributed by atoms with Crippen LogP contribution in [-0.2, 0) is 11.3 Å². The van der Waals surface area contributed by atoms with Crippen LogP contribution >= 0.6 is 12.2 Å². The summed E-state index contributed by atoms with van der Waals surface area (Å²) in [5.74, 6) is 1.47. The highest BCUT2D eigenvalue weighted by Gasteiger charge is 2.21. The number of nitrogens with zero attached hydrogens (tertiary/aromatic N) is 4. The van der Waals surface area contributed by atoms with Crippen LogP contribution in [0.25, 0.3) is 11.4 Å². The number of likely N-dealkylation sites (N-methyl/N-ethyl adjacent to an activating group) is 1. The molecule has 180 valence electrons. The molecule has 0 aliphatic carbocycles. The predicted molar refractivity (Wildman–Crippen MR) is 135 cm³/mol. The predicted octanol–water partition coefficient (Wildman–Crippen LogP) is 3.11. The van der Waals surface area contributed by atoms with Crippen molar-refractivity contribution in [2.24, 2.45) is 0 Å². The van der Waals surface area contributed by atoms with E-state index in [-0.39, 0.29) is 11.9 Å². The molecule has 1 atom stereocenters. The van der Waals surface area contributed by atoms with Crippen LogP contribution in [0.4, 0.5) is 0 Å². The zero-order chi connectivity index (χ0) is 23.9. The van der Waals surface area contributed by atoms with E-state index in [4.69, 9.17) is 17.0 Å². The van der Waals surface area contributed by atoms with Gasteiger partial charge >= 0.3 is 0 Å². The molecule has 1 fully saturated rings. The monoisotopic (exact) mass is 480 g/mol. The molecule has 1 aromatic heterocycles. The number of benzene rings is 2. The van der Waals surface area contributed by atoms with Crippen molar-refractivity contribution in [3.05, 3.63) is 64.9 Å². The quantitative estimate of drug-likeness (QED) is 0.458. The maximum Gasteiger partial charge on any atom is 0.222 e. The van der Waals surface area contributed by atoms with E-state index < -0.39 is 0 Å². The second-order valence-corrected chi connectivity index (χ2v) is 9.00. The van der Waals surface area contributed by atoms with E-state index >= 15 is 0 Å². The molecule has 1 saturated heterocycles. The van der Waals surface area contributed by atoms with Crippen LogP contribution in [0.15, 0.2) is 54.6 Å². The molecule has 2 heterocycles. The van der Waals surface area contributed by atoms with Gasteiger partial charge in [0.05, 0.1) is 13.2 Å². The molecular weight excluding hydrogens is 448 g/mol. The minimum Gasteiger partial charge on any atom is -0.497 e. The molecule has 0 spiro atoms. The first-order valence-corrected chi connectivity index (χ1v) is 12.0. The van der Waals surface area contributed by atoms with Gasteiger partial charge in [0.1, 0.15) is 5.75 Å². The topological polar surface area (TPSA) is 78.4 Å². The molecule has 34 heavy (non-hydrogen) atoms. The number of methoxy groups -OCH3 is 1. The van der Waals surface area contributed by atoms with Crippen molar-refractivity contribution in [2.75, 3.05) is 46.9 Å². The zero-order valence-corrected chi connectivity index (χ0v) is 20.6. The van der Waals surface area contributed by atoms with Crippen molar-refractivity contribution in [3.63, 3.8) is 0 Å². The van der Waals surface area contributed by atoms with Crippen molar-refractivity contribution < 1.29 is 9.53 Å². The Morgan fingerprint density at radius 3 is 2.50 bits per heavy atom. The van der Waals surface area contributed by atoms with Gasteiger partial charge in [-0.25, -0.2) is 0 Å². The minimum absolute atomic E-state index is 0.00763. The molecule has 1 amide bonds.